The van der Waals surface area contributed by atoms with Crippen LogP contribution in [-0.4, -0.2) is 40.9 Å². The molecule has 2 aromatic rings. The number of amides is 2. The van der Waals surface area contributed by atoms with Crippen molar-refractivity contribution in [2.24, 2.45) is 0 Å². The number of hydrogen-bond acceptors (Lipinski definition) is 2. The molecule has 0 spiro atoms. The first-order chi connectivity index (χ1) is 13.5. The molecule has 1 N–H and O–H groups in total. The van der Waals surface area contributed by atoms with Crippen molar-refractivity contribution in [3.05, 3.63) is 52.8 Å². The molecule has 0 unspecified atom stereocenters. The fraction of sp³-hybridized carbons (Fsp3) is 0.478. The molecule has 0 bridgehead atoms. The molecule has 3 rings (SSSR count). The Bertz CT molecular complexity index is 854. The molecule has 1 fully saturated rings. The average molecular weight is 382 g/mol. The van der Waals surface area contributed by atoms with Crippen LogP contribution in [-0.2, 0) is 4.79 Å². The molecule has 0 saturated carbocycles. The standard InChI is InChI=1S/C23H31N3O2/c1-17-9-7-10-20(15-17)26-18(2)16-21(19(26)3)23(28)24-12-8-14-25-13-6-4-5-11-22(25)27/h7,9-10,15-16H,4-6,8,11-14H2,1-3H3,(H,24,28). The predicted molar refractivity (Wildman–Crippen MR) is 112 cm³/mol. The van der Waals surface area contributed by atoms with E-state index in [1.807, 2.05) is 30.9 Å². The van der Waals surface area contributed by atoms with Gasteiger partial charge in [-0.1, -0.05) is 18.6 Å². The van der Waals surface area contributed by atoms with E-state index >= 15 is 0 Å². The van der Waals surface area contributed by atoms with E-state index in [1.54, 1.807) is 0 Å². The van der Waals surface area contributed by atoms with Crippen LogP contribution in [0.2, 0.25) is 0 Å². The third-order valence-corrected chi connectivity index (χ3v) is 5.50. The summed E-state index contributed by atoms with van der Waals surface area (Å²) in [6, 6.07) is 10.2. The molecule has 1 aromatic heterocycles. The quantitative estimate of drug-likeness (QED) is 0.771. The lowest BCUT2D eigenvalue weighted by Gasteiger charge is -2.20. The summed E-state index contributed by atoms with van der Waals surface area (Å²) in [5.41, 5.74) is 4.98. The molecule has 28 heavy (non-hydrogen) atoms. The van der Waals surface area contributed by atoms with Gasteiger partial charge in [0, 0.05) is 43.1 Å². The van der Waals surface area contributed by atoms with Crippen LogP contribution >= 0.6 is 0 Å². The first kappa shape index (κ1) is 20.2. The number of aryl methyl sites for hydroxylation is 2. The first-order valence-corrected chi connectivity index (χ1v) is 10.3. The Balaban J connectivity index is 1.59. The van der Waals surface area contributed by atoms with Crippen LogP contribution in [0.25, 0.3) is 5.69 Å². The van der Waals surface area contributed by atoms with Gasteiger partial charge in [-0.15, -0.1) is 0 Å². The molecule has 150 valence electrons. The van der Waals surface area contributed by atoms with Gasteiger partial charge in [0.25, 0.3) is 5.91 Å². The number of likely N-dealkylation sites (tertiary alicyclic amines) is 1. The molecular formula is C23H31N3O2. The predicted octanol–water partition coefficient (Wildman–Crippen LogP) is 3.93. The summed E-state index contributed by atoms with van der Waals surface area (Å²) in [6.07, 6.45) is 4.67. The van der Waals surface area contributed by atoms with Crippen LogP contribution < -0.4 is 5.32 Å². The second-order valence-corrected chi connectivity index (χ2v) is 7.76. The van der Waals surface area contributed by atoms with Crippen LogP contribution in [0.5, 0.6) is 0 Å². The largest absolute Gasteiger partial charge is 0.352 e. The number of aromatic nitrogens is 1. The zero-order valence-corrected chi connectivity index (χ0v) is 17.3. The molecule has 1 saturated heterocycles. The fourth-order valence-electron chi connectivity index (χ4n) is 4.00. The highest BCUT2D eigenvalue weighted by molar-refractivity contribution is 5.95. The van der Waals surface area contributed by atoms with E-state index < -0.39 is 0 Å². The topological polar surface area (TPSA) is 54.3 Å². The summed E-state index contributed by atoms with van der Waals surface area (Å²) in [7, 11) is 0. The molecule has 0 atom stereocenters. The number of nitrogens with one attached hydrogen (secondary N) is 1. The number of nitrogens with zero attached hydrogens (tertiary/aromatic N) is 2. The van der Waals surface area contributed by atoms with Gasteiger partial charge in [-0.05, 0) is 63.8 Å². The van der Waals surface area contributed by atoms with E-state index in [2.05, 4.69) is 35.0 Å². The van der Waals surface area contributed by atoms with Gasteiger partial charge in [0.1, 0.15) is 0 Å². The lowest BCUT2D eigenvalue weighted by atomic mass is 10.2. The Morgan fingerprint density at radius 2 is 1.93 bits per heavy atom. The smallest absolute Gasteiger partial charge is 0.253 e. The van der Waals surface area contributed by atoms with Gasteiger partial charge >= 0.3 is 0 Å². The highest BCUT2D eigenvalue weighted by Gasteiger charge is 2.18. The van der Waals surface area contributed by atoms with Crippen LogP contribution in [0.15, 0.2) is 30.3 Å². The molecule has 2 amide bonds. The first-order valence-electron chi connectivity index (χ1n) is 10.3. The van der Waals surface area contributed by atoms with Crippen LogP contribution in [0.4, 0.5) is 0 Å². The van der Waals surface area contributed by atoms with Crippen LogP contribution in [0.3, 0.4) is 0 Å². The lowest BCUT2D eigenvalue weighted by Crippen LogP contribution is -2.34. The van der Waals surface area contributed by atoms with E-state index in [0.717, 1.165) is 55.8 Å². The Morgan fingerprint density at radius 3 is 2.71 bits per heavy atom. The normalized spacial score (nSPS) is 14.8. The number of carbonyl (C=O) groups excluding carboxylic acids is 2. The highest BCUT2D eigenvalue weighted by Crippen LogP contribution is 2.21. The molecular weight excluding hydrogens is 350 g/mol. The van der Waals surface area contributed by atoms with Gasteiger partial charge in [0.2, 0.25) is 5.91 Å². The third-order valence-electron chi connectivity index (χ3n) is 5.50. The SMILES string of the molecule is Cc1cccc(-n2c(C)cc(C(=O)NCCCN3CCCCCC3=O)c2C)c1. The minimum absolute atomic E-state index is 0.0470. The van der Waals surface area contributed by atoms with E-state index in [9.17, 15) is 9.59 Å². The van der Waals surface area contributed by atoms with Crippen molar-refractivity contribution in [1.82, 2.24) is 14.8 Å². The number of benzene rings is 1. The van der Waals surface area contributed by atoms with E-state index in [4.69, 9.17) is 0 Å². The van der Waals surface area contributed by atoms with Crippen molar-refractivity contribution in [2.45, 2.75) is 52.9 Å². The van der Waals surface area contributed by atoms with Crippen molar-refractivity contribution >= 4 is 11.8 Å². The second kappa shape index (κ2) is 9.09. The number of rotatable bonds is 6. The Kier molecular flexibility index (Phi) is 6.55. The maximum Gasteiger partial charge on any atom is 0.253 e. The van der Waals surface area contributed by atoms with Gasteiger partial charge in [0.15, 0.2) is 0 Å². The van der Waals surface area contributed by atoms with Gasteiger partial charge in [-0.3, -0.25) is 9.59 Å². The minimum Gasteiger partial charge on any atom is -0.352 e. The summed E-state index contributed by atoms with van der Waals surface area (Å²) >= 11 is 0. The summed E-state index contributed by atoms with van der Waals surface area (Å²) in [6.45, 7) is 8.24. The van der Waals surface area contributed by atoms with Gasteiger partial charge in [-0.25, -0.2) is 0 Å². The Labute approximate surface area is 167 Å². The second-order valence-electron chi connectivity index (χ2n) is 7.76. The number of hydrogen-bond donors (Lipinski definition) is 1. The maximum atomic E-state index is 12.7. The number of carbonyl (C=O) groups is 2. The summed E-state index contributed by atoms with van der Waals surface area (Å²) in [5, 5.41) is 3.02. The van der Waals surface area contributed by atoms with Crippen LogP contribution in [0, 0.1) is 20.8 Å². The molecule has 0 radical (unpaired) electrons. The molecule has 1 aliphatic rings. The fourth-order valence-corrected chi connectivity index (χ4v) is 4.00. The Hall–Kier alpha value is -2.56. The monoisotopic (exact) mass is 381 g/mol. The van der Waals surface area contributed by atoms with Gasteiger partial charge in [0.05, 0.1) is 5.56 Å². The van der Waals surface area contributed by atoms with Crippen LogP contribution in [0.1, 0.15) is 59.4 Å². The summed E-state index contributed by atoms with van der Waals surface area (Å²) < 4.78 is 2.12. The molecule has 1 aromatic carbocycles. The van der Waals surface area contributed by atoms with E-state index in [1.165, 1.54) is 5.56 Å². The van der Waals surface area contributed by atoms with Crippen molar-refractivity contribution < 1.29 is 9.59 Å². The zero-order chi connectivity index (χ0) is 20.1. The highest BCUT2D eigenvalue weighted by atomic mass is 16.2. The molecule has 2 heterocycles. The summed E-state index contributed by atoms with van der Waals surface area (Å²) in [4.78, 5) is 26.7. The Morgan fingerprint density at radius 1 is 1.11 bits per heavy atom. The van der Waals surface area contributed by atoms with Gasteiger partial charge in [-0.2, -0.15) is 0 Å². The van der Waals surface area contributed by atoms with Crippen molar-refractivity contribution in [3.8, 4) is 5.69 Å². The lowest BCUT2D eigenvalue weighted by molar-refractivity contribution is -0.130. The third kappa shape index (κ3) is 4.64. The van der Waals surface area contributed by atoms with Gasteiger partial charge < -0.3 is 14.8 Å². The molecule has 5 nitrogen and oxygen atoms in total. The van der Waals surface area contributed by atoms with Crippen molar-refractivity contribution in [2.75, 3.05) is 19.6 Å². The molecule has 0 aliphatic carbocycles. The molecule has 5 heteroatoms. The van der Waals surface area contributed by atoms with E-state index in [-0.39, 0.29) is 11.8 Å². The zero-order valence-electron chi connectivity index (χ0n) is 17.3. The minimum atomic E-state index is -0.0470. The molecule has 1 aliphatic heterocycles. The van der Waals surface area contributed by atoms with E-state index in [0.29, 0.717) is 18.5 Å². The van der Waals surface area contributed by atoms with Crippen molar-refractivity contribution in [3.63, 3.8) is 0 Å². The average Bonchev–Trinajstić information content (AvgIpc) is 2.82. The summed E-state index contributed by atoms with van der Waals surface area (Å²) in [5.74, 6) is 0.208. The maximum absolute atomic E-state index is 12.7. The van der Waals surface area contributed by atoms with Crippen molar-refractivity contribution in [1.29, 1.82) is 0 Å².